The monoisotopic (exact) mass is 738 g/mol. The topological polar surface area (TPSA) is 196 Å². The Hall–Kier alpha value is -3.88. The van der Waals surface area contributed by atoms with Gasteiger partial charge in [-0.2, -0.15) is 10.2 Å². The van der Waals surface area contributed by atoms with Crippen molar-refractivity contribution < 1.29 is 34.5 Å². The van der Waals surface area contributed by atoms with Crippen molar-refractivity contribution in [1.82, 2.24) is 26.0 Å². The van der Waals surface area contributed by atoms with E-state index in [2.05, 4.69) is 59.0 Å². The fraction of sp³-hybridized carbons (Fsp3) is 0.684. The van der Waals surface area contributed by atoms with Crippen LogP contribution in [0.4, 0.5) is 0 Å². The molecule has 1 aliphatic heterocycles. The molecule has 6 N–H and O–H groups in total. The molecule has 14 heteroatoms. The van der Waals surface area contributed by atoms with Crippen LogP contribution in [0.5, 0.6) is 0 Å². The predicted octanol–water partition coefficient (Wildman–Crippen LogP) is 5.30. The van der Waals surface area contributed by atoms with Gasteiger partial charge in [0.25, 0.3) is 0 Å². The highest BCUT2D eigenvalue weighted by atomic mass is 16.4. The second-order valence-corrected chi connectivity index (χ2v) is 12.1. The number of hydrogen-bond donors (Lipinski definition) is 6. The van der Waals surface area contributed by atoms with E-state index in [1.54, 1.807) is 6.92 Å². The van der Waals surface area contributed by atoms with Crippen LogP contribution < -0.4 is 16.2 Å². The molecule has 1 heterocycles. The maximum atomic E-state index is 12.5. The molecule has 1 aliphatic rings. The van der Waals surface area contributed by atoms with Crippen molar-refractivity contribution in [2.24, 2.45) is 16.1 Å². The van der Waals surface area contributed by atoms with Crippen LogP contribution in [0.3, 0.4) is 0 Å². The van der Waals surface area contributed by atoms with E-state index in [0.717, 1.165) is 56.4 Å². The Balaban J connectivity index is -0.000000934. The number of amidine groups is 1. The Morgan fingerprint density at radius 1 is 0.865 bits per heavy atom. The minimum absolute atomic E-state index is 0.0251. The third-order valence-corrected chi connectivity index (χ3v) is 7.41. The zero-order valence-corrected chi connectivity index (χ0v) is 33.3. The van der Waals surface area contributed by atoms with E-state index in [1.807, 2.05) is 43.0 Å². The fourth-order valence-corrected chi connectivity index (χ4v) is 4.43. The molecule has 0 aliphatic carbocycles. The Morgan fingerprint density at radius 2 is 1.46 bits per heavy atom. The molecule has 1 amide bonds. The van der Waals surface area contributed by atoms with E-state index in [4.69, 9.17) is 15.3 Å². The molecule has 52 heavy (non-hydrogen) atoms. The lowest BCUT2D eigenvalue weighted by Gasteiger charge is -2.26. The average molecular weight is 738 g/mol. The van der Waals surface area contributed by atoms with E-state index in [0.29, 0.717) is 31.9 Å². The van der Waals surface area contributed by atoms with Crippen molar-refractivity contribution in [2.75, 3.05) is 46.4 Å². The minimum Gasteiger partial charge on any atom is -0.481 e. The van der Waals surface area contributed by atoms with Crippen molar-refractivity contribution in [3.05, 3.63) is 35.4 Å². The Bertz CT molecular complexity index is 1100. The molecule has 1 aromatic carbocycles. The van der Waals surface area contributed by atoms with Crippen LogP contribution in [-0.4, -0.2) is 108 Å². The van der Waals surface area contributed by atoms with Gasteiger partial charge >= 0.3 is 11.9 Å². The molecular formula is C38H71N7O7. The molecule has 0 radical (unpaired) electrons. The number of aliphatic carboxylic acids is 2. The smallest absolute Gasteiger partial charge is 0.317 e. The van der Waals surface area contributed by atoms with Gasteiger partial charge in [-0.3, -0.25) is 35.0 Å². The van der Waals surface area contributed by atoms with Crippen molar-refractivity contribution in [3.63, 3.8) is 0 Å². The second-order valence-electron chi connectivity index (χ2n) is 12.1. The third-order valence-electron chi connectivity index (χ3n) is 7.41. The van der Waals surface area contributed by atoms with Gasteiger partial charge in [0.15, 0.2) is 5.84 Å². The first-order chi connectivity index (χ1) is 25.0. The first kappa shape index (κ1) is 52.5. The molecule has 300 valence electrons. The lowest BCUT2D eigenvalue weighted by Crippen LogP contribution is -2.42. The third kappa shape index (κ3) is 33.3. The van der Waals surface area contributed by atoms with Crippen LogP contribution in [0.25, 0.3) is 0 Å². The van der Waals surface area contributed by atoms with Crippen LogP contribution in [0.2, 0.25) is 0 Å². The molecular weight excluding hydrogens is 666 g/mol. The van der Waals surface area contributed by atoms with Gasteiger partial charge in [-0.05, 0) is 43.5 Å². The number of benzene rings is 1. The summed E-state index contributed by atoms with van der Waals surface area (Å²) >= 11 is 0. The zero-order chi connectivity index (χ0) is 40.0. The largest absolute Gasteiger partial charge is 0.481 e. The number of rotatable bonds is 22. The quantitative estimate of drug-likeness (QED) is 0.0668. The molecule has 0 fully saturated rings. The lowest BCUT2D eigenvalue weighted by molar-refractivity contribution is -0.138. The standard InChI is InChI=1S/C21H33N7O3.C10H22.C3H6O2.C3H6O.CH4O/c1-3-8-27(10-11-28(9-4-2)15-20(30)31)14-19(29)22-13-17-6-5-7-18(12-17)21-25-23-16-24-26-21;1-4-6-7-8-9-10(3)5-2;1-2-3(4)5;1-2-3-4;1-2/h5-7,12,16H,3-4,8-11,13-15H2,1-2H3,(H,22,29)(H,23,24)(H,25,26)(H,30,31);10H,4-9H2,1-3H3;2H2,1H3,(H,4,5);3H,2H2,1H3;2H,1H3. The summed E-state index contributed by atoms with van der Waals surface area (Å²) in [5.74, 6) is -0.0596. The second kappa shape index (κ2) is 38.4. The Morgan fingerprint density at radius 3 is 1.92 bits per heavy atom. The normalized spacial score (nSPS) is 11.6. The first-order valence-corrected chi connectivity index (χ1v) is 18.7. The molecule has 0 bridgehead atoms. The summed E-state index contributed by atoms with van der Waals surface area (Å²) in [5, 5.41) is 34.8. The number of nitrogens with one attached hydrogen (secondary N) is 3. The summed E-state index contributed by atoms with van der Waals surface area (Å²) in [5.41, 5.74) is 7.36. The van der Waals surface area contributed by atoms with Gasteiger partial charge in [0.2, 0.25) is 5.91 Å². The van der Waals surface area contributed by atoms with E-state index in [-0.39, 0.29) is 25.4 Å². The summed E-state index contributed by atoms with van der Waals surface area (Å²) in [4.78, 5) is 46.1. The van der Waals surface area contributed by atoms with Crippen molar-refractivity contribution >= 4 is 36.3 Å². The van der Waals surface area contributed by atoms with Gasteiger partial charge in [-0.15, -0.1) is 0 Å². The Labute approximate surface area is 313 Å². The number of aliphatic hydroxyl groups excluding tert-OH is 1. The number of carboxylic acids is 2. The molecule has 0 aromatic heterocycles. The highest BCUT2D eigenvalue weighted by Gasteiger charge is 2.14. The van der Waals surface area contributed by atoms with Gasteiger partial charge in [0.05, 0.1) is 13.1 Å². The molecule has 1 aromatic rings. The van der Waals surface area contributed by atoms with Crippen LogP contribution >= 0.6 is 0 Å². The number of nitrogens with zero attached hydrogens (tertiary/aromatic N) is 4. The SMILES string of the molecule is CCC(=O)O.CCC=O.CCCCCCC(C)CC.CCCN(CCN(CCC)CC(=O)NCc1cccc(C2=NNC=NN2)c1)CC(=O)O.CO. The van der Waals surface area contributed by atoms with Gasteiger partial charge in [-0.25, -0.2) is 0 Å². The number of aldehydes is 1. The lowest BCUT2D eigenvalue weighted by atomic mass is 10.0. The van der Waals surface area contributed by atoms with Crippen molar-refractivity contribution in [1.29, 1.82) is 0 Å². The van der Waals surface area contributed by atoms with Crippen LogP contribution in [-0.2, 0) is 25.7 Å². The summed E-state index contributed by atoms with van der Waals surface area (Å²) in [6.45, 7) is 17.9. The summed E-state index contributed by atoms with van der Waals surface area (Å²) in [6.07, 6.45) is 13.5. The molecule has 0 saturated carbocycles. The molecule has 0 spiro atoms. The molecule has 14 nitrogen and oxygen atoms in total. The minimum atomic E-state index is -0.826. The van der Waals surface area contributed by atoms with Gasteiger partial charge < -0.3 is 25.4 Å². The summed E-state index contributed by atoms with van der Waals surface area (Å²) in [6, 6.07) is 7.73. The van der Waals surface area contributed by atoms with Crippen LogP contribution in [0, 0.1) is 5.92 Å². The molecule has 1 atom stereocenters. The van der Waals surface area contributed by atoms with E-state index in [9.17, 15) is 19.2 Å². The molecule has 0 saturated heterocycles. The fourth-order valence-electron chi connectivity index (χ4n) is 4.43. The van der Waals surface area contributed by atoms with Crippen molar-refractivity contribution in [2.45, 2.75) is 119 Å². The number of carboxylic acid groups (broad SMARTS) is 2. The molecule has 1 unspecified atom stereocenters. The zero-order valence-electron chi connectivity index (χ0n) is 33.3. The molecule has 2 rings (SSSR count). The average Bonchev–Trinajstić information content (AvgIpc) is 3.16. The number of carbonyl (C=O) groups excluding carboxylic acids is 2. The number of hydrogen-bond acceptors (Lipinski definition) is 11. The van der Waals surface area contributed by atoms with E-state index in [1.165, 1.54) is 44.9 Å². The van der Waals surface area contributed by atoms with E-state index >= 15 is 0 Å². The summed E-state index contributed by atoms with van der Waals surface area (Å²) in [7, 11) is 1.00. The highest BCUT2D eigenvalue weighted by molar-refractivity contribution is 5.99. The number of carbonyl (C=O) groups is 4. The number of hydrazone groups is 2. The first-order valence-electron chi connectivity index (χ1n) is 18.7. The van der Waals surface area contributed by atoms with Crippen LogP contribution in [0.15, 0.2) is 34.5 Å². The summed E-state index contributed by atoms with van der Waals surface area (Å²) < 4.78 is 0. The highest BCUT2D eigenvalue weighted by Crippen LogP contribution is 2.12. The number of amides is 1. The maximum absolute atomic E-state index is 12.5. The van der Waals surface area contributed by atoms with Gasteiger partial charge in [-0.1, -0.05) is 105 Å². The maximum Gasteiger partial charge on any atom is 0.317 e. The Kier molecular flexibility index (Phi) is 38.7. The van der Waals surface area contributed by atoms with Gasteiger partial charge in [0.1, 0.15) is 12.6 Å². The number of unbranched alkanes of at least 4 members (excludes halogenated alkanes) is 3. The van der Waals surface area contributed by atoms with Crippen molar-refractivity contribution in [3.8, 4) is 0 Å². The number of aliphatic hydroxyl groups is 1. The van der Waals surface area contributed by atoms with Gasteiger partial charge in [0, 0.05) is 45.1 Å². The van der Waals surface area contributed by atoms with Crippen LogP contribution in [0.1, 0.15) is 124 Å². The predicted molar refractivity (Wildman–Crippen MR) is 211 cm³/mol. The van der Waals surface area contributed by atoms with E-state index < -0.39 is 11.9 Å².